The van der Waals surface area contributed by atoms with Crippen LogP contribution in [0.3, 0.4) is 0 Å². The van der Waals surface area contributed by atoms with E-state index in [0.29, 0.717) is 28.2 Å². The Morgan fingerprint density at radius 3 is 2.89 bits per heavy atom. The average molecular weight is 296 g/mol. The number of rotatable bonds is 1. The summed E-state index contributed by atoms with van der Waals surface area (Å²) in [6.45, 7) is 0. The first kappa shape index (κ1) is 12.4. The van der Waals surface area contributed by atoms with Crippen molar-refractivity contribution in [2.75, 3.05) is 0 Å². The summed E-state index contributed by atoms with van der Waals surface area (Å²) in [7, 11) is 0. The number of nitrogens with one attached hydrogen (secondary N) is 2. The standard InChI is InChI=1S/C12H10ClN3O2S/c13-6-2-1-3-7-10(6)15-12(19)16(7)8-4-5-9(17)14-11(8)18/h1-3,8H,4-5H2,(H,15,19)(H,14,17,18). The molecule has 1 aliphatic heterocycles. The minimum atomic E-state index is -0.475. The molecule has 98 valence electrons. The van der Waals surface area contributed by atoms with Crippen molar-refractivity contribution in [2.24, 2.45) is 0 Å². The summed E-state index contributed by atoms with van der Waals surface area (Å²) in [4.78, 5) is 26.1. The van der Waals surface area contributed by atoms with E-state index >= 15 is 0 Å². The van der Waals surface area contributed by atoms with Gasteiger partial charge in [0.25, 0.3) is 0 Å². The maximum Gasteiger partial charge on any atom is 0.249 e. The van der Waals surface area contributed by atoms with E-state index in [2.05, 4.69) is 10.3 Å². The van der Waals surface area contributed by atoms with E-state index in [1.807, 2.05) is 6.07 Å². The molecule has 2 N–H and O–H groups in total. The number of hydrogen-bond acceptors (Lipinski definition) is 3. The summed E-state index contributed by atoms with van der Waals surface area (Å²) in [6, 6.07) is 4.93. The monoisotopic (exact) mass is 295 g/mol. The van der Waals surface area contributed by atoms with Gasteiger partial charge >= 0.3 is 0 Å². The first-order valence-electron chi connectivity index (χ1n) is 5.80. The Hall–Kier alpha value is -1.66. The molecule has 1 saturated heterocycles. The number of benzene rings is 1. The van der Waals surface area contributed by atoms with E-state index in [1.165, 1.54) is 0 Å². The number of para-hydroxylation sites is 1. The lowest BCUT2D eigenvalue weighted by Crippen LogP contribution is -2.41. The average Bonchev–Trinajstić information content (AvgIpc) is 2.68. The number of piperidine rings is 1. The smallest absolute Gasteiger partial charge is 0.249 e. The van der Waals surface area contributed by atoms with E-state index in [1.54, 1.807) is 16.7 Å². The van der Waals surface area contributed by atoms with Gasteiger partial charge in [0.15, 0.2) is 4.77 Å². The molecule has 19 heavy (non-hydrogen) atoms. The van der Waals surface area contributed by atoms with Gasteiger partial charge in [0.05, 0.1) is 16.1 Å². The van der Waals surface area contributed by atoms with E-state index in [9.17, 15) is 9.59 Å². The fourth-order valence-electron chi connectivity index (χ4n) is 2.35. The number of nitrogens with zero attached hydrogens (tertiary/aromatic N) is 1. The highest BCUT2D eigenvalue weighted by molar-refractivity contribution is 7.71. The minimum Gasteiger partial charge on any atom is -0.329 e. The molecule has 1 fully saturated rings. The van der Waals surface area contributed by atoms with Crippen LogP contribution in [0.4, 0.5) is 0 Å². The number of halogens is 1. The predicted octanol–water partition coefficient (Wildman–Crippen LogP) is 2.33. The molecule has 0 bridgehead atoms. The number of aromatic amines is 1. The molecule has 0 aliphatic carbocycles. The van der Waals surface area contributed by atoms with Gasteiger partial charge in [-0.1, -0.05) is 17.7 Å². The van der Waals surface area contributed by atoms with E-state index in [-0.39, 0.29) is 11.8 Å². The Kier molecular flexibility index (Phi) is 2.91. The molecule has 0 saturated carbocycles. The molecule has 1 unspecified atom stereocenters. The second-order valence-electron chi connectivity index (χ2n) is 4.40. The Morgan fingerprint density at radius 2 is 2.16 bits per heavy atom. The number of carbonyl (C=O) groups is 2. The molecule has 1 aliphatic rings. The van der Waals surface area contributed by atoms with Crippen molar-refractivity contribution in [2.45, 2.75) is 18.9 Å². The van der Waals surface area contributed by atoms with Crippen LogP contribution in [-0.2, 0) is 9.59 Å². The van der Waals surface area contributed by atoms with Gasteiger partial charge in [-0.2, -0.15) is 0 Å². The summed E-state index contributed by atoms with van der Waals surface area (Å²) >= 11 is 11.4. The fraction of sp³-hybridized carbons (Fsp3) is 0.250. The maximum absolute atomic E-state index is 11.9. The zero-order chi connectivity index (χ0) is 13.6. The third-order valence-electron chi connectivity index (χ3n) is 3.22. The molecule has 5 nitrogen and oxygen atoms in total. The number of aromatic nitrogens is 2. The Morgan fingerprint density at radius 1 is 1.37 bits per heavy atom. The number of carbonyl (C=O) groups excluding carboxylic acids is 2. The van der Waals surface area contributed by atoms with Crippen LogP contribution in [-0.4, -0.2) is 21.4 Å². The van der Waals surface area contributed by atoms with Gasteiger partial charge in [-0.25, -0.2) is 0 Å². The van der Waals surface area contributed by atoms with Gasteiger partial charge in [-0.15, -0.1) is 0 Å². The van der Waals surface area contributed by atoms with Crippen molar-refractivity contribution >= 4 is 46.7 Å². The topological polar surface area (TPSA) is 66.9 Å². The summed E-state index contributed by atoms with van der Waals surface area (Å²) in [5.41, 5.74) is 1.48. The molecule has 2 heterocycles. The van der Waals surface area contributed by atoms with Gasteiger partial charge in [0.2, 0.25) is 11.8 Å². The summed E-state index contributed by atoms with van der Waals surface area (Å²) in [5, 5.41) is 2.88. The number of hydrogen-bond donors (Lipinski definition) is 2. The second kappa shape index (κ2) is 4.47. The van der Waals surface area contributed by atoms with Gasteiger partial charge in [-0.05, 0) is 30.8 Å². The SMILES string of the molecule is O=C1CCC(n2c(=S)[nH]c3c(Cl)cccc32)C(=O)N1. The van der Waals surface area contributed by atoms with Crippen LogP contribution in [0.5, 0.6) is 0 Å². The molecule has 7 heteroatoms. The lowest BCUT2D eigenvalue weighted by Gasteiger charge is -2.22. The molecular formula is C12H10ClN3O2S. The second-order valence-corrected chi connectivity index (χ2v) is 5.19. The molecule has 1 atom stereocenters. The molecular weight excluding hydrogens is 286 g/mol. The predicted molar refractivity (Wildman–Crippen MR) is 73.6 cm³/mol. The molecule has 1 aromatic heterocycles. The highest BCUT2D eigenvalue weighted by atomic mass is 35.5. The molecule has 0 radical (unpaired) electrons. The zero-order valence-electron chi connectivity index (χ0n) is 9.77. The molecule has 2 amide bonds. The molecule has 3 rings (SSSR count). The first-order chi connectivity index (χ1) is 9.08. The quantitative estimate of drug-likeness (QED) is 0.627. The van der Waals surface area contributed by atoms with Crippen LogP contribution < -0.4 is 5.32 Å². The van der Waals surface area contributed by atoms with Crippen molar-refractivity contribution < 1.29 is 9.59 Å². The number of imide groups is 1. The fourth-order valence-corrected chi connectivity index (χ4v) is 2.90. The highest BCUT2D eigenvalue weighted by Gasteiger charge is 2.29. The normalized spacial score (nSPS) is 19.7. The van der Waals surface area contributed by atoms with E-state index < -0.39 is 6.04 Å². The first-order valence-corrected chi connectivity index (χ1v) is 6.59. The van der Waals surface area contributed by atoms with Crippen LogP contribution in [0, 0.1) is 4.77 Å². The lowest BCUT2D eigenvalue weighted by molar-refractivity contribution is -0.135. The van der Waals surface area contributed by atoms with Crippen molar-refractivity contribution in [3.8, 4) is 0 Å². The van der Waals surface area contributed by atoms with Gasteiger partial charge in [0.1, 0.15) is 6.04 Å². The summed E-state index contributed by atoms with van der Waals surface area (Å²) in [5.74, 6) is -0.570. The Bertz CT molecular complexity index is 749. The Balaban J connectivity index is 2.18. The summed E-state index contributed by atoms with van der Waals surface area (Å²) in [6.07, 6.45) is 0.754. The van der Waals surface area contributed by atoms with E-state index in [0.717, 1.165) is 5.52 Å². The number of H-pyrrole nitrogens is 1. The van der Waals surface area contributed by atoms with Crippen LogP contribution in [0.2, 0.25) is 5.02 Å². The van der Waals surface area contributed by atoms with Crippen molar-refractivity contribution in [1.82, 2.24) is 14.9 Å². The molecule has 0 spiro atoms. The Labute approximate surface area is 118 Å². The van der Waals surface area contributed by atoms with E-state index in [4.69, 9.17) is 23.8 Å². The number of imidazole rings is 1. The largest absolute Gasteiger partial charge is 0.329 e. The third-order valence-corrected chi connectivity index (χ3v) is 3.84. The van der Waals surface area contributed by atoms with Crippen LogP contribution in [0.1, 0.15) is 18.9 Å². The minimum absolute atomic E-state index is 0.245. The van der Waals surface area contributed by atoms with Crippen molar-refractivity contribution in [1.29, 1.82) is 0 Å². The molecule has 2 aromatic rings. The number of amides is 2. The zero-order valence-corrected chi connectivity index (χ0v) is 11.3. The molecule has 1 aromatic carbocycles. The lowest BCUT2D eigenvalue weighted by atomic mass is 10.1. The maximum atomic E-state index is 11.9. The van der Waals surface area contributed by atoms with Crippen molar-refractivity contribution in [3.05, 3.63) is 28.0 Å². The van der Waals surface area contributed by atoms with Crippen molar-refractivity contribution in [3.63, 3.8) is 0 Å². The highest BCUT2D eigenvalue weighted by Crippen LogP contribution is 2.28. The van der Waals surface area contributed by atoms with Crippen LogP contribution >= 0.6 is 23.8 Å². The number of fused-ring (bicyclic) bond motifs is 1. The van der Waals surface area contributed by atoms with Crippen LogP contribution in [0.15, 0.2) is 18.2 Å². The third kappa shape index (κ3) is 1.97. The summed E-state index contributed by atoms with van der Waals surface area (Å²) < 4.78 is 2.15. The van der Waals surface area contributed by atoms with Gasteiger partial charge < -0.3 is 9.55 Å². The van der Waals surface area contributed by atoms with Gasteiger partial charge in [0, 0.05) is 6.42 Å². The van der Waals surface area contributed by atoms with Crippen LogP contribution in [0.25, 0.3) is 11.0 Å². The van der Waals surface area contributed by atoms with Gasteiger partial charge in [-0.3, -0.25) is 14.9 Å².